The van der Waals surface area contributed by atoms with Gasteiger partial charge in [-0.3, -0.25) is 9.59 Å². The van der Waals surface area contributed by atoms with Gasteiger partial charge in [0.25, 0.3) is 5.91 Å². The Morgan fingerprint density at radius 2 is 2.00 bits per heavy atom. The average Bonchev–Trinajstić information content (AvgIpc) is 3.08. The van der Waals surface area contributed by atoms with Crippen molar-refractivity contribution < 1.29 is 14.0 Å². The van der Waals surface area contributed by atoms with E-state index in [2.05, 4.69) is 9.88 Å². The minimum Gasteiger partial charge on any atom is -0.448 e. The van der Waals surface area contributed by atoms with Crippen LogP contribution in [-0.4, -0.2) is 76.8 Å². The fraction of sp³-hybridized carbons (Fsp3) is 0.737. The van der Waals surface area contributed by atoms with Crippen LogP contribution in [0, 0.1) is 6.92 Å². The second-order valence-electron chi connectivity index (χ2n) is 7.41. The number of piperidine rings is 2. The maximum Gasteiger partial charge on any atom is 0.275 e. The number of carbonyl (C=O) groups is 2. The van der Waals surface area contributed by atoms with E-state index in [-0.39, 0.29) is 17.9 Å². The zero-order valence-corrected chi connectivity index (χ0v) is 15.9. The molecule has 7 nitrogen and oxygen atoms in total. The molecule has 0 aromatic carbocycles. The summed E-state index contributed by atoms with van der Waals surface area (Å²) in [5.74, 6) is 0.485. The highest BCUT2D eigenvalue weighted by Crippen LogP contribution is 2.19. The van der Waals surface area contributed by atoms with Crippen molar-refractivity contribution in [3.63, 3.8) is 0 Å². The lowest BCUT2D eigenvalue weighted by atomic mass is 10.0. The molecule has 2 aliphatic heterocycles. The molecule has 0 saturated carbocycles. The molecule has 0 spiro atoms. The molecular formula is C19H30N4O3. The molecular weight excluding hydrogens is 332 g/mol. The Bertz CT molecular complexity index is 624. The van der Waals surface area contributed by atoms with Crippen LogP contribution in [0.1, 0.15) is 55.4 Å². The molecule has 0 radical (unpaired) electrons. The number of nitrogens with zero attached hydrogens (tertiary/aromatic N) is 4. The number of aromatic nitrogens is 1. The van der Waals surface area contributed by atoms with Gasteiger partial charge in [0.05, 0.1) is 0 Å². The molecule has 2 amide bonds. The normalized spacial score (nSPS) is 21.6. The number of oxazole rings is 1. The second-order valence-corrected chi connectivity index (χ2v) is 7.41. The summed E-state index contributed by atoms with van der Waals surface area (Å²) in [6.45, 7) is 8.58. The summed E-state index contributed by atoms with van der Waals surface area (Å²) in [6, 6.07) is 0.0861. The third kappa shape index (κ3) is 4.63. The van der Waals surface area contributed by atoms with Crippen LogP contribution in [0.5, 0.6) is 0 Å². The Balaban J connectivity index is 1.59. The van der Waals surface area contributed by atoms with E-state index in [9.17, 15) is 9.59 Å². The Labute approximate surface area is 155 Å². The summed E-state index contributed by atoms with van der Waals surface area (Å²) < 4.78 is 5.17. The lowest BCUT2D eigenvalue weighted by molar-refractivity contribution is -0.132. The molecule has 2 fully saturated rings. The molecule has 1 unspecified atom stereocenters. The van der Waals surface area contributed by atoms with Gasteiger partial charge in [0, 0.05) is 46.1 Å². The quantitative estimate of drug-likeness (QED) is 0.800. The van der Waals surface area contributed by atoms with Gasteiger partial charge in [0.2, 0.25) is 5.91 Å². The summed E-state index contributed by atoms with van der Waals surface area (Å²) in [6.07, 6.45) is 7.09. The second kappa shape index (κ2) is 8.66. The van der Waals surface area contributed by atoms with E-state index in [0.717, 1.165) is 39.0 Å². The molecule has 2 saturated heterocycles. The molecule has 1 aromatic rings. The minimum atomic E-state index is -0.105. The number of aryl methyl sites for hydroxylation is 1. The highest BCUT2D eigenvalue weighted by atomic mass is 16.3. The first kappa shape index (κ1) is 18.9. The van der Waals surface area contributed by atoms with Gasteiger partial charge in [-0.25, -0.2) is 4.98 Å². The molecule has 0 bridgehead atoms. The fourth-order valence-electron chi connectivity index (χ4n) is 4.05. The predicted molar refractivity (Wildman–Crippen MR) is 97.8 cm³/mol. The smallest absolute Gasteiger partial charge is 0.275 e. The van der Waals surface area contributed by atoms with Crippen LogP contribution in [0.3, 0.4) is 0 Å². The van der Waals surface area contributed by atoms with Crippen molar-refractivity contribution in [1.29, 1.82) is 0 Å². The lowest BCUT2D eigenvalue weighted by Gasteiger charge is -2.40. The van der Waals surface area contributed by atoms with Gasteiger partial charge < -0.3 is 19.1 Å². The minimum absolute atomic E-state index is 0.0861. The molecule has 2 aliphatic rings. The zero-order chi connectivity index (χ0) is 18.5. The lowest BCUT2D eigenvalue weighted by Crippen LogP contribution is -2.53. The summed E-state index contributed by atoms with van der Waals surface area (Å²) >= 11 is 0. The van der Waals surface area contributed by atoms with E-state index in [0.29, 0.717) is 24.7 Å². The van der Waals surface area contributed by atoms with Crippen molar-refractivity contribution in [2.45, 2.75) is 52.0 Å². The van der Waals surface area contributed by atoms with Crippen molar-refractivity contribution in [1.82, 2.24) is 19.7 Å². The van der Waals surface area contributed by atoms with E-state index < -0.39 is 0 Å². The number of hydrogen-bond acceptors (Lipinski definition) is 5. The van der Waals surface area contributed by atoms with Crippen LogP contribution < -0.4 is 0 Å². The van der Waals surface area contributed by atoms with Crippen LogP contribution in [0.2, 0.25) is 0 Å². The van der Waals surface area contributed by atoms with E-state index in [1.54, 1.807) is 13.8 Å². The van der Waals surface area contributed by atoms with Crippen molar-refractivity contribution in [3.05, 3.63) is 17.8 Å². The molecule has 26 heavy (non-hydrogen) atoms. The highest BCUT2D eigenvalue weighted by molar-refractivity contribution is 5.92. The highest BCUT2D eigenvalue weighted by Gasteiger charge is 2.30. The van der Waals surface area contributed by atoms with Gasteiger partial charge in [-0.15, -0.1) is 0 Å². The molecule has 3 heterocycles. The van der Waals surface area contributed by atoms with Gasteiger partial charge in [-0.2, -0.15) is 0 Å². The topological polar surface area (TPSA) is 69.9 Å². The Morgan fingerprint density at radius 3 is 2.65 bits per heavy atom. The first-order valence-electron chi connectivity index (χ1n) is 9.75. The molecule has 144 valence electrons. The van der Waals surface area contributed by atoms with Gasteiger partial charge in [-0.05, 0) is 38.8 Å². The molecule has 7 heteroatoms. The predicted octanol–water partition coefficient (Wildman–Crippen LogP) is 1.92. The largest absolute Gasteiger partial charge is 0.448 e. The summed E-state index contributed by atoms with van der Waals surface area (Å²) in [4.78, 5) is 35.2. The number of rotatable bonds is 5. The molecule has 0 aliphatic carbocycles. The summed E-state index contributed by atoms with van der Waals surface area (Å²) in [5, 5.41) is 0. The summed E-state index contributed by atoms with van der Waals surface area (Å²) in [7, 11) is 0. The SMILES string of the molecule is CC(=O)N(CCN1CCCCC1)C1CCCN(C(=O)c2coc(C)n2)C1. The number of likely N-dealkylation sites (tertiary alicyclic amines) is 2. The molecule has 1 atom stereocenters. The van der Waals surface area contributed by atoms with Crippen molar-refractivity contribution in [3.8, 4) is 0 Å². The van der Waals surface area contributed by atoms with Crippen molar-refractivity contribution >= 4 is 11.8 Å². The first-order valence-corrected chi connectivity index (χ1v) is 9.75. The van der Waals surface area contributed by atoms with Gasteiger partial charge in [-0.1, -0.05) is 6.42 Å². The zero-order valence-electron chi connectivity index (χ0n) is 15.9. The molecule has 1 aromatic heterocycles. The monoisotopic (exact) mass is 362 g/mol. The van der Waals surface area contributed by atoms with E-state index in [4.69, 9.17) is 4.42 Å². The standard InChI is InChI=1S/C19H30N4O3/c1-15-20-18(14-26-15)19(25)22-10-6-7-17(13-22)23(16(2)24)12-11-21-8-4-3-5-9-21/h14,17H,3-13H2,1-2H3. The van der Waals surface area contributed by atoms with Gasteiger partial charge in [0.1, 0.15) is 6.26 Å². The van der Waals surface area contributed by atoms with Gasteiger partial charge >= 0.3 is 0 Å². The first-order chi connectivity index (χ1) is 12.5. The van der Waals surface area contributed by atoms with Gasteiger partial charge in [0.15, 0.2) is 11.6 Å². The van der Waals surface area contributed by atoms with Crippen LogP contribution in [-0.2, 0) is 4.79 Å². The van der Waals surface area contributed by atoms with Crippen LogP contribution in [0.15, 0.2) is 10.7 Å². The molecule has 3 rings (SSSR count). The molecule has 0 N–H and O–H groups in total. The van der Waals surface area contributed by atoms with E-state index >= 15 is 0 Å². The number of amides is 2. The van der Waals surface area contributed by atoms with Crippen molar-refractivity contribution in [2.24, 2.45) is 0 Å². The Morgan fingerprint density at radius 1 is 1.23 bits per heavy atom. The van der Waals surface area contributed by atoms with Crippen LogP contribution >= 0.6 is 0 Å². The third-order valence-corrected chi connectivity index (χ3v) is 5.47. The van der Waals surface area contributed by atoms with E-state index in [1.807, 2.05) is 9.80 Å². The van der Waals surface area contributed by atoms with E-state index in [1.165, 1.54) is 25.5 Å². The van der Waals surface area contributed by atoms with Crippen LogP contribution in [0.25, 0.3) is 0 Å². The maximum absolute atomic E-state index is 12.6. The Kier molecular flexibility index (Phi) is 6.29. The third-order valence-electron chi connectivity index (χ3n) is 5.47. The average molecular weight is 362 g/mol. The summed E-state index contributed by atoms with van der Waals surface area (Å²) in [5.41, 5.74) is 0.353. The maximum atomic E-state index is 12.6. The fourth-order valence-corrected chi connectivity index (χ4v) is 4.05. The Hall–Kier alpha value is -1.89. The van der Waals surface area contributed by atoms with Crippen molar-refractivity contribution in [2.75, 3.05) is 39.3 Å². The number of carbonyl (C=O) groups excluding carboxylic acids is 2. The number of hydrogen-bond donors (Lipinski definition) is 0. The van der Waals surface area contributed by atoms with Crippen LogP contribution in [0.4, 0.5) is 0 Å².